The number of benzene rings is 1. The van der Waals surface area contributed by atoms with Crippen LogP contribution in [0, 0.1) is 13.8 Å². The number of likely N-dealkylation sites (tertiary alicyclic amines) is 1. The molecule has 0 amide bonds. The Morgan fingerprint density at radius 1 is 1.33 bits per heavy atom. The molecule has 2 atom stereocenters. The maximum absolute atomic E-state index is 6.77. The van der Waals surface area contributed by atoms with Crippen molar-refractivity contribution in [2.24, 2.45) is 0 Å². The predicted octanol–water partition coefficient (Wildman–Crippen LogP) is 4.86. The Labute approximate surface area is 134 Å². The van der Waals surface area contributed by atoms with E-state index in [0.29, 0.717) is 6.04 Å². The average Bonchev–Trinajstić information content (AvgIpc) is 2.47. The molecular weight excluding hydrogens is 282 g/mol. The van der Waals surface area contributed by atoms with Gasteiger partial charge >= 0.3 is 0 Å². The first-order chi connectivity index (χ1) is 10.1. The monoisotopic (exact) mass is 309 g/mol. The van der Waals surface area contributed by atoms with Gasteiger partial charge in [0.1, 0.15) is 5.75 Å². The van der Waals surface area contributed by atoms with E-state index in [1.54, 1.807) is 7.11 Å². The molecule has 0 N–H and O–H groups in total. The summed E-state index contributed by atoms with van der Waals surface area (Å²) in [6, 6.07) is 5.02. The SMILES string of the molecule is CCC1CCCCN1CC(Cl)c1cc(C)cc(C)c1OC. The van der Waals surface area contributed by atoms with E-state index in [0.717, 1.165) is 17.9 Å². The fourth-order valence-corrected chi connectivity index (χ4v) is 3.91. The standard InChI is InChI=1S/C18H28ClNO/c1-5-15-8-6-7-9-20(15)12-17(19)16-11-13(2)10-14(3)18(16)21-4/h10-11,15,17H,5-9,12H2,1-4H3. The third-order valence-corrected chi connectivity index (χ3v) is 4.98. The summed E-state index contributed by atoms with van der Waals surface area (Å²) in [6.45, 7) is 8.59. The minimum Gasteiger partial charge on any atom is -0.496 e. The van der Waals surface area contributed by atoms with Gasteiger partial charge in [-0.15, -0.1) is 11.6 Å². The Hall–Kier alpha value is -0.730. The highest BCUT2D eigenvalue weighted by Gasteiger charge is 2.25. The van der Waals surface area contributed by atoms with Crippen LogP contribution in [0.3, 0.4) is 0 Å². The van der Waals surface area contributed by atoms with Crippen LogP contribution in [-0.2, 0) is 0 Å². The molecule has 0 aromatic heterocycles. The van der Waals surface area contributed by atoms with Gasteiger partial charge in [0.05, 0.1) is 12.5 Å². The van der Waals surface area contributed by atoms with Crippen molar-refractivity contribution in [2.75, 3.05) is 20.2 Å². The molecule has 1 heterocycles. The van der Waals surface area contributed by atoms with Crippen molar-refractivity contribution in [1.29, 1.82) is 0 Å². The summed E-state index contributed by atoms with van der Waals surface area (Å²) >= 11 is 6.77. The topological polar surface area (TPSA) is 12.5 Å². The van der Waals surface area contributed by atoms with Gasteiger partial charge in [0.15, 0.2) is 0 Å². The van der Waals surface area contributed by atoms with Gasteiger partial charge in [-0.2, -0.15) is 0 Å². The number of piperidine rings is 1. The number of hydrogen-bond donors (Lipinski definition) is 0. The second-order valence-corrected chi connectivity index (χ2v) is 6.75. The first-order valence-corrected chi connectivity index (χ1v) is 8.53. The smallest absolute Gasteiger partial charge is 0.126 e. The van der Waals surface area contributed by atoms with E-state index in [1.807, 2.05) is 0 Å². The van der Waals surface area contributed by atoms with Crippen LogP contribution in [0.5, 0.6) is 5.75 Å². The average molecular weight is 310 g/mol. The van der Waals surface area contributed by atoms with Crippen molar-refractivity contribution in [3.05, 3.63) is 28.8 Å². The van der Waals surface area contributed by atoms with Gasteiger partial charge in [-0.3, -0.25) is 4.90 Å². The van der Waals surface area contributed by atoms with Gasteiger partial charge in [-0.05, 0) is 45.2 Å². The third kappa shape index (κ3) is 3.92. The van der Waals surface area contributed by atoms with Crippen molar-refractivity contribution >= 4 is 11.6 Å². The molecule has 0 spiro atoms. The first-order valence-electron chi connectivity index (χ1n) is 8.10. The van der Waals surface area contributed by atoms with Gasteiger partial charge in [0, 0.05) is 18.2 Å². The van der Waals surface area contributed by atoms with E-state index in [-0.39, 0.29) is 5.38 Å². The molecule has 0 saturated carbocycles. The quantitative estimate of drug-likeness (QED) is 0.720. The lowest BCUT2D eigenvalue weighted by Gasteiger charge is -2.36. The lowest BCUT2D eigenvalue weighted by molar-refractivity contribution is 0.144. The molecule has 1 aliphatic rings. The minimum absolute atomic E-state index is 0.00861. The second kappa shape index (κ2) is 7.51. The molecule has 1 aliphatic heterocycles. The maximum Gasteiger partial charge on any atom is 0.126 e. The van der Waals surface area contributed by atoms with Gasteiger partial charge in [-0.25, -0.2) is 0 Å². The molecular formula is C18H28ClNO. The molecule has 1 saturated heterocycles. The molecule has 21 heavy (non-hydrogen) atoms. The van der Waals surface area contributed by atoms with Gasteiger partial charge in [0.2, 0.25) is 0 Å². The van der Waals surface area contributed by atoms with Crippen molar-refractivity contribution in [2.45, 2.75) is 57.9 Å². The highest BCUT2D eigenvalue weighted by atomic mass is 35.5. The lowest BCUT2D eigenvalue weighted by Crippen LogP contribution is -2.40. The van der Waals surface area contributed by atoms with E-state index in [2.05, 4.69) is 37.8 Å². The zero-order valence-corrected chi connectivity index (χ0v) is 14.5. The summed E-state index contributed by atoms with van der Waals surface area (Å²) in [5.41, 5.74) is 3.56. The molecule has 1 aromatic rings. The summed E-state index contributed by atoms with van der Waals surface area (Å²) in [4.78, 5) is 2.57. The molecule has 2 unspecified atom stereocenters. The predicted molar refractivity (Wildman–Crippen MR) is 90.6 cm³/mol. The van der Waals surface area contributed by atoms with E-state index >= 15 is 0 Å². The lowest BCUT2D eigenvalue weighted by atomic mass is 9.98. The molecule has 0 aliphatic carbocycles. The second-order valence-electron chi connectivity index (χ2n) is 6.22. The fraction of sp³-hybridized carbons (Fsp3) is 0.667. The zero-order chi connectivity index (χ0) is 15.4. The Kier molecular flexibility index (Phi) is 5.95. The highest BCUT2D eigenvalue weighted by molar-refractivity contribution is 6.21. The molecule has 2 rings (SSSR count). The molecule has 118 valence electrons. The molecule has 0 radical (unpaired) electrons. The van der Waals surface area contributed by atoms with E-state index in [1.165, 1.54) is 43.4 Å². The van der Waals surface area contributed by atoms with Crippen LogP contribution >= 0.6 is 11.6 Å². The third-order valence-electron chi connectivity index (χ3n) is 4.60. The highest BCUT2D eigenvalue weighted by Crippen LogP contribution is 2.35. The van der Waals surface area contributed by atoms with Crippen LogP contribution in [-0.4, -0.2) is 31.1 Å². The Bertz CT molecular complexity index is 475. The normalized spacial score (nSPS) is 21.3. The van der Waals surface area contributed by atoms with Crippen molar-refractivity contribution in [1.82, 2.24) is 4.90 Å². The number of rotatable bonds is 5. The fourth-order valence-electron chi connectivity index (χ4n) is 3.57. The molecule has 2 nitrogen and oxygen atoms in total. The van der Waals surface area contributed by atoms with Gasteiger partial charge in [-0.1, -0.05) is 31.0 Å². The van der Waals surface area contributed by atoms with Crippen molar-refractivity contribution in [3.63, 3.8) is 0 Å². The van der Waals surface area contributed by atoms with Crippen LogP contribution in [0.15, 0.2) is 12.1 Å². The zero-order valence-electron chi connectivity index (χ0n) is 13.8. The largest absolute Gasteiger partial charge is 0.496 e. The van der Waals surface area contributed by atoms with Crippen LogP contribution in [0.25, 0.3) is 0 Å². The Morgan fingerprint density at radius 2 is 2.10 bits per heavy atom. The Morgan fingerprint density at radius 3 is 2.76 bits per heavy atom. The number of aryl methyl sites for hydroxylation is 2. The van der Waals surface area contributed by atoms with E-state index in [4.69, 9.17) is 16.3 Å². The van der Waals surface area contributed by atoms with Crippen molar-refractivity contribution < 1.29 is 4.74 Å². The number of ether oxygens (including phenoxy) is 1. The van der Waals surface area contributed by atoms with Gasteiger partial charge < -0.3 is 4.74 Å². The number of alkyl halides is 1. The minimum atomic E-state index is -0.00861. The summed E-state index contributed by atoms with van der Waals surface area (Å²) < 4.78 is 5.59. The molecule has 0 bridgehead atoms. The maximum atomic E-state index is 6.77. The first kappa shape index (κ1) is 16.6. The van der Waals surface area contributed by atoms with Crippen LogP contribution < -0.4 is 4.74 Å². The number of hydrogen-bond acceptors (Lipinski definition) is 2. The number of methoxy groups -OCH3 is 1. The summed E-state index contributed by atoms with van der Waals surface area (Å²) in [7, 11) is 1.74. The van der Waals surface area contributed by atoms with E-state index in [9.17, 15) is 0 Å². The van der Waals surface area contributed by atoms with Crippen molar-refractivity contribution in [3.8, 4) is 5.75 Å². The number of nitrogens with zero attached hydrogens (tertiary/aromatic N) is 1. The molecule has 3 heteroatoms. The summed E-state index contributed by atoms with van der Waals surface area (Å²) in [5.74, 6) is 0.950. The van der Waals surface area contributed by atoms with Crippen LogP contribution in [0.2, 0.25) is 0 Å². The Balaban J connectivity index is 2.17. The summed E-state index contributed by atoms with van der Waals surface area (Å²) in [5, 5.41) is -0.00861. The number of halogens is 1. The van der Waals surface area contributed by atoms with E-state index < -0.39 is 0 Å². The van der Waals surface area contributed by atoms with Crippen LogP contribution in [0.1, 0.15) is 54.7 Å². The van der Waals surface area contributed by atoms with Gasteiger partial charge in [0.25, 0.3) is 0 Å². The van der Waals surface area contributed by atoms with Crippen LogP contribution in [0.4, 0.5) is 0 Å². The summed E-state index contributed by atoms with van der Waals surface area (Å²) in [6.07, 6.45) is 5.18. The molecule has 1 fully saturated rings. The molecule has 1 aromatic carbocycles.